The van der Waals surface area contributed by atoms with E-state index < -0.39 is 0 Å². The van der Waals surface area contributed by atoms with Gasteiger partial charge in [0.05, 0.1) is 24.3 Å². The minimum Gasteiger partial charge on any atom is -0.347 e. The Bertz CT molecular complexity index is 545. The number of imidazole rings is 1. The first-order valence-corrected chi connectivity index (χ1v) is 6.59. The van der Waals surface area contributed by atoms with Crippen LogP contribution in [0.2, 0.25) is 0 Å². The molecule has 1 N–H and O–H groups in total. The van der Waals surface area contributed by atoms with Crippen LogP contribution < -0.4 is 0 Å². The number of carbonyl (C=O) groups excluding carboxylic acids is 1. The van der Waals surface area contributed by atoms with Crippen LogP contribution in [-0.2, 0) is 24.3 Å². The molecule has 100 valence electrons. The van der Waals surface area contributed by atoms with Crippen molar-refractivity contribution in [2.75, 3.05) is 6.54 Å². The van der Waals surface area contributed by atoms with E-state index in [0.29, 0.717) is 13.0 Å². The van der Waals surface area contributed by atoms with Crippen LogP contribution >= 0.6 is 0 Å². The average Bonchev–Trinajstić information content (AvgIpc) is 3.08. The number of carbonyl (C=O) groups is 1. The molecule has 0 bridgehead atoms. The fourth-order valence-electron chi connectivity index (χ4n) is 2.41. The third kappa shape index (κ3) is 2.67. The summed E-state index contributed by atoms with van der Waals surface area (Å²) in [7, 11) is 0. The first-order valence-electron chi connectivity index (χ1n) is 6.59. The Kier molecular flexibility index (Phi) is 3.31. The fourth-order valence-corrected chi connectivity index (χ4v) is 2.41. The molecule has 0 atom stereocenters. The van der Waals surface area contributed by atoms with E-state index in [0.717, 1.165) is 37.3 Å². The molecule has 2 aromatic rings. The Balaban J connectivity index is 1.49. The lowest BCUT2D eigenvalue weighted by Crippen LogP contribution is -2.36. The lowest BCUT2D eigenvalue weighted by molar-refractivity contribution is -0.132. The quantitative estimate of drug-likeness (QED) is 0.889. The molecular weight excluding hydrogens is 242 g/mol. The highest BCUT2D eigenvalue weighted by Crippen LogP contribution is 2.15. The summed E-state index contributed by atoms with van der Waals surface area (Å²) in [4.78, 5) is 21.4. The number of hydrogen-bond donors (Lipinski definition) is 1. The van der Waals surface area contributed by atoms with Crippen molar-refractivity contribution in [3.63, 3.8) is 0 Å². The van der Waals surface area contributed by atoms with Gasteiger partial charge in [-0.15, -0.1) is 0 Å². The second-order valence-corrected chi connectivity index (χ2v) is 4.77. The highest BCUT2D eigenvalue weighted by Gasteiger charge is 2.21. The molecule has 2 aromatic heterocycles. The van der Waals surface area contributed by atoms with Crippen LogP contribution in [0.15, 0.2) is 24.8 Å². The zero-order valence-corrected chi connectivity index (χ0v) is 10.7. The molecule has 19 heavy (non-hydrogen) atoms. The summed E-state index contributed by atoms with van der Waals surface area (Å²) in [5, 5.41) is 4.13. The standard InChI is InChI=1S/C13H17N5O/c19-13(3-1-6-18-7-2-5-16-18)17-8-4-11-12(9-17)15-10-14-11/h2,5,7,10H,1,3-4,6,8-9H2,(H,14,15). The molecule has 6 nitrogen and oxygen atoms in total. The number of nitrogens with zero attached hydrogens (tertiary/aromatic N) is 4. The predicted molar refractivity (Wildman–Crippen MR) is 69.2 cm³/mol. The summed E-state index contributed by atoms with van der Waals surface area (Å²) >= 11 is 0. The lowest BCUT2D eigenvalue weighted by atomic mass is 10.1. The van der Waals surface area contributed by atoms with E-state index >= 15 is 0 Å². The Morgan fingerprint density at radius 2 is 2.42 bits per heavy atom. The Labute approximate surface area is 111 Å². The Hall–Kier alpha value is -2.11. The van der Waals surface area contributed by atoms with Crippen molar-refractivity contribution < 1.29 is 4.79 Å². The van der Waals surface area contributed by atoms with E-state index in [9.17, 15) is 4.79 Å². The van der Waals surface area contributed by atoms with Gasteiger partial charge in [0.2, 0.25) is 5.91 Å². The molecule has 1 aliphatic heterocycles. The maximum atomic E-state index is 12.1. The monoisotopic (exact) mass is 259 g/mol. The second-order valence-electron chi connectivity index (χ2n) is 4.77. The van der Waals surface area contributed by atoms with Gasteiger partial charge in [-0.1, -0.05) is 0 Å². The summed E-state index contributed by atoms with van der Waals surface area (Å²) in [6, 6.07) is 1.90. The summed E-state index contributed by atoms with van der Waals surface area (Å²) in [5.74, 6) is 0.215. The minimum absolute atomic E-state index is 0.215. The maximum Gasteiger partial charge on any atom is 0.222 e. The molecule has 3 rings (SSSR count). The summed E-state index contributed by atoms with van der Waals surface area (Å²) < 4.78 is 1.86. The zero-order valence-electron chi connectivity index (χ0n) is 10.7. The van der Waals surface area contributed by atoms with Crippen LogP contribution in [0.1, 0.15) is 24.2 Å². The zero-order chi connectivity index (χ0) is 13.1. The van der Waals surface area contributed by atoms with E-state index in [1.807, 2.05) is 21.8 Å². The normalized spacial score (nSPS) is 14.4. The number of aromatic amines is 1. The van der Waals surface area contributed by atoms with Gasteiger partial charge in [0, 0.05) is 38.3 Å². The molecule has 0 spiro atoms. The van der Waals surface area contributed by atoms with Gasteiger partial charge in [0.15, 0.2) is 0 Å². The minimum atomic E-state index is 0.215. The van der Waals surface area contributed by atoms with Crippen LogP contribution in [0.25, 0.3) is 0 Å². The molecule has 3 heterocycles. The van der Waals surface area contributed by atoms with Gasteiger partial charge in [-0.2, -0.15) is 5.10 Å². The lowest BCUT2D eigenvalue weighted by Gasteiger charge is -2.26. The molecule has 0 fully saturated rings. The highest BCUT2D eigenvalue weighted by atomic mass is 16.2. The van der Waals surface area contributed by atoms with Crippen LogP contribution in [0.3, 0.4) is 0 Å². The largest absolute Gasteiger partial charge is 0.347 e. The molecular formula is C13H17N5O. The van der Waals surface area contributed by atoms with E-state index in [1.165, 1.54) is 0 Å². The summed E-state index contributed by atoms with van der Waals surface area (Å²) in [6.07, 6.45) is 7.63. The third-order valence-corrected chi connectivity index (χ3v) is 3.46. The first-order chi connectivity index (χ1) is 9.33. The Morgan fingerprint density at radius 1 is 1.47 bits per heavy atom. The summed E-state index contributed by atoms with van der Waals surface area (Å²) in [6.45, 7) is 2.23. The van der Waals surface area contributed by atoms with Gasteiger partial charge in [-0.25, -0.2) is 4.98 Å². The van der Waals surface area contributed by atoms with E-state index in [4.69, 9.17) is 0 Å². The van der Waals surface area contributed by atoms with Crippen molar-refractivity contribution >= 4 is 5.91 Å². The van der Waals surface area contributed by atoms with E-state index in [2.05, 4.69) is 15.1 Å². The topological polar surface area (TPSA) is 66.8 Å². The number of nitrogens with one attached hydrogen (secondary N) is 1. The van der Waals surface area contributed by atoms with Gasteiger partial charge in [-0.3, -0.25) is 9.48 Å². The van der Waals surface area contributed by atoms with E-state index in [1.54, 1.807) is 12.5 Å². The van der Waals surface area contributed by atoms with Crippen molar-refractivity contribution in [3.8, 4) is 0 Å². The molecule has 0 unspecified atom stereocenters. The van der Waals surface area contributed by atoms with Gasteiger partial charge < -0.3 is 9.88 Å². The highest BCUT2D eigenvalue weighted by molar-refractivity contribution is 5.76. The number of fused-ring (bicyclic) bond motifs is 1. The summed E-state index contributed by atoms with van der Waals surface area (Å²) in [5.41, 5.74) is 2.17. The predicted octanol–water partition coefficient (Wildman–Crippen LogP) is 0.971. The smallest absolute Gasteiger partial charge is 0.222 e. The molecule has 0 radical (unpaired) electrons. The van der Waals surface area contributed by atoms with Crippen LogP contribution in [0, 0.1) is 0 Å². The average molecular weight is 259 g/mol. The van der Waals surface area contributed by atoms with Gasteiger partial charge in [0.25, 0.3) is 0 Å². The van der Waals surface area contributed by atoms with Crippen molar-refractivity contribution in [2.24, 2.45) is 0 Å². The molecule has 6 heteroatoms. The number of aromatic nitrogens is 4. The number of hydrogen-bond acceptors (Lipinski definition) is 3. The van der Waals surface area contributed by atoms with Crippen molar-refractivity contribution in [2.45, 2.75) is 32.4 Å². The first kappa shape index (κ1) is 12.0. The van der Waals surface area contributed by atoms with Gasteiger partial charge in [0.1, 0.15) is 0 Å². The van der Waals surface area contributed by atoms with E-state index in [-0.39, 0.29) is 5.91 Å². The second kappa shape index (κ2) is 5.26. The Morgan fingerprint density at radius 3 is 3.26 bits per heavy atom. The molecule has 1 aliphatic rings. The molecule has 0 aromatic carbocycles. The van der Waals surface area contributed by atoms with Crippen molar-refractivity contribution in [1.29, 1.82) is 0 Å². The SMILES string of the molecule is O=C(CCCn1cccn1)N1CCc2nc[nH]c2C1. The van der Waals surface area contributed by atoms with Gasteiger partial charge in [-0.05, 0) is 12.5 Å². The molecule has 0 saturated heterocycles. The molecule has 0 aliphatic carbocycles. The maximum absolute atomic E-state index is 12.1. The number of rotatable bonds is 4. The van der Waals surface area contributed by atoms with Crippen LogP contribution in [0.4, 0.5) is 0 Å². The number of aryl methyl sites for hydroxylation is 1. The van der Waals surface area contributed by atoms with Crippen molar-refractivity contribution in [3.05, 3.63) is 36.2 Å². The van der Waals surface area contributed by atoms with Gasteiger partial charge >= 0.3 is 0 Å². The van der Waals surface area contributed by atoms with Crippen LogP contribution in [0.5, 0.6) is 0 Å². The third-order valence-electron chi connectivity index (χ3n) is 3.46. The number of H-pyrrole nitrogens is 1. The number of amides is 1. The van der Waals surface area contributed by atoms with Crippen molar-refractivity contribution in [1.82, 2.24) is 24.6 Å². The molecule has 1 amide bonds. The fraction of sp³-hybridized carbons (Fsp3) is 0.462. The van der Waals surface area contributed by atoms with Crippen LogP contribution in [-0.4, -0.2) is 37.1 Å². The molecule has 0 saturated carbocycles.